The Balaban J connectivity index is 3.05. The van der Waals surface area contributed by atoms with E-state index in [0.29, 0.717) is 0 Å². The summed E-state index contributed by atoms with van der Waals surface area (Å²) < 4.78 is 4.77. The van der Waals surface area contributed by atoms with E-state index in [-0.39, 0.29) is 11.9 Å². The van der Waals surface area contributed by atoms with Crippen LogP contribution in [0.5, 0.6) is 0 Å². The van der Waals surface area contributed by atoms with E-state index in [1.165, 1.54) is 12.7 Å². The van der Waals surface area contributed by atoms with Crippen molar-refractivity contribution in [3.8, 4) is 0 Å². The van der Waals surface area contributed by atoms with Gasteiger partial charge in [-0.1, -0.05) is 32.0 Å². The van der Waals surface area contributed by atoms with Gasteiger partial charge >= 0.3 is 5.97 Å². The summed E-state index contributed by atoms with van der Waals surface area (Å²) in [5.74, 6) is -0.873. The third kappa shape index (κ3) is 3.10. The molecule has 0 saturated carbocycles. The molecule has 2 atom stereocenters. The highest BCUT2D eigenvalue weighted by molar-refractivity contribution is 5.73. The van der Waals surface area contributed by atoms with Crippen molar-refractivity contribution in [2.75, 3.05) is 7.11 Å². The maximum atomic E-state index is 11.7. The molecule has 0 heterocycles. The Bertz CT molecular complexity index is 424. The van der Waals surface area contributed by atoms with Crippen molar-refractivity contribution in [3.05, 3.63) is 34.9 Å². The van der Waals surface area contributed by atoms with Gasteiger partial charge in [-0.3, -0.25) is 4.79 Å². The highest BCUT2D eigenvalue weighted by atomic mass is 16.5. The van der Waals surface area contributed by atoms with E-state index in [4.69, 9.17) is 4.74 Å². The molecule has 0 bridgehead atoms. The molecule has 0 saturated heterocycles. The lowest BCUT2D eigenvalue weighted by molar-refractivity contribution is -0.152. The van der Waals surface area contributed by atoms with Crippen LogP contribution in [0.4, 0.5) is 0 Å². The summed E-state index contributed by atoms with van der Waals surface area (Å²) in [4.78, 5) is 11.7. The summed E-state index contributed by atoms with van der Waals surface area (Å²) >= 11 is 0. The number of aliphatic hydroxyl groups is 1. The normalized spacial score (nSPS) is 14.4. The molecule has 0 aliphatic heterocycles. The van der Waals surface area contributed by atoms with E-state index in [1.54, 1.807) is 0 Å². The number of aryl methyl sites for hydroxylation is 2. The molecule has 0 aromatic heterocycles. The SMILES string of the molecule is COC(=O)C(C(C)C)C(O)c1ccc(C)c(C)c1. The van der Waals surface area contributed by atoms with Crippen LogP contribution in [0.25, 0.3) is 0 Å². The van der Waals surface area contributed by atoms with Gasteiger partial charge in [0.05, 0.1) is 19.1 Å². The monoisotopic (exact) mass is 250 g/mol. The van der Waals surface area contributed by atoms with E-state index < -0.39 is 12.0 Å². The summed E-state index contributed by atoms with van der Waals surface area (Å²) in [5.41, 5.74) is 3.05. The first-order valence-corrected chi connectivity index (χ1v) is 6.21. The van der Waals surface area contributed by atoms with E-state index >= 15 is 0 Å². The van der Waals surface area contributed by atoms with Gasteiger partial charge in [0.2, 0.25) is 0 Å². The van der Waals surface area contributed by atoms with Crippen LogP contribution in [-0.4, -0.2) is 18.2 Å². The Kier molecular flexibility index (Phi) is 4.91. The summed E-state index contributed by atoms with van der Waals surface area (Å²) in [7, 11) is 1.35. The first-order valence-electron chi connectivity index (χ1n) is 6.21. The molecule has 2 unspecified atom stereocenters. The van der Waals surface area contributed by atoms with Gasteiger partial charge in [0.25, 0.3) is 0 Å². The van der Waals surface area contributed by atoms with Crippen molar-refractivity contribution < 1.29 is 14.6 Å². The summed E-state index contributed by atoms with van der Waals surface area (Å²) in [6, 6.07) is 5.76. The first kappa shape index (κ1) is 14.7. The number of aliphatic hydroxyl groups excluding tert-OH is 1. The fourth-order valence-electron chi connectivity index (χ4n) is 2.06. The van der Waals surface area contributed by atoms with Crippen molar-refractivity contribution in [3.63, 3.8) is 0 Å². The maximum Gasteiger partial charge on any atom is 0.311 e. The van der Waals surface area contributed by atoms with Crippen molar-refractivity contribution in [1.82, 2.24) is 0 Å². The smallest absolute Gasteiger partial charge is 0.311 e. The van der Waals surface area contributed by atoms with Crippen molar-refractivity contribution in [2.45, 2.75) is 33.8 Å². The van der Waals surface area contributed by atoms with Crippen molar-refractivity contribution in [2.24, 2.45) is 11.8 Å². The Labute approximate surface area is 109 Å². The Morgan fingerprint density at radius 1 is 1.22 bits per heavy atom. The first-order chi connectivity index (χ1) is 8.38. The van der Waals surface area contributed by atoms with Crippen LogP contribution >= 0.6 is 0 Å². The highest BCUT2D eigenvalue weighted by Crippen LogP contribution is 2.30. The molecule has 0 radical (unpaired) electrons. The van der Waals surface area contributed by atoms with Crippen molar-refractivity contribution >= 4 is 5.97 Å². The molecule has 18 heavy (non-hydrogen) atoms. The van der Waals surface area contributed by atoms with Gasteiger partial charge in [-0.15, -0.1) is 0 Å². The molecule has 1 N–H and O–H groups in total. The molecule has 0 spiro atoms. The maximum absolute atomic E-state index is 11.7. The molecular formula is C15H22O3. The van der Waals surface area contributed by atoms with Crippen LogP contribution < -0.4 is 0 Å². The van der Waals surface area contributed by atoms with E-state index in [1.807, 2.05) is 45.9 Å². The predicted octanol–water partition coefficient (Wildman–Crippen LogP) is 2.78. The number of hydrogen-bond acceptors (Lipinski definition) is 3. The van der Waals surface area contributed by atoms with Gasteiger partial charge in [-0.05, 0) is 36.5 Å². The van der Waals surface area contributed by atoms with Gasteiger partial charge in [0.1, 0.15) is 0 Å². The molecule has 0 aliphatic carbocycles. The number of ether oxygens (including phenoxy) is 1. The van der Waals surface area contributed by atoms with Gasteiger partial charge < -0.3 is 9.84 Å². The number of hydrogen-bond donors (Lipinski definition) is 1. The minimum absolute atomic E-state index is 0.0223. The van der Waals surface area contributed by atoms with Gasteiger partial charge in [0.15, 0.2) is 0 Å². The Morgan fingerprint density at radius 3 is 2.28 bits per heavy atom. The molecule has 1 aromatic carbocycles. The molecule has 0 fully saturated rings. The average molecular weight is 250 g/mol. The largest absolute Gasteiger partial charge is 0.469 e. The Hall–Kier alpha value is -1.35. The summed E-state index contributed by atoms with van der Waals surface area (Å²) in [5, 5.41) is 10.4. The molecule has 3 nitrogen and oxygen atoms in total. The third-order valence-electron chi connectivity index (χ3n) is 3.40. The number of rotatable bonds is 4. The minimum atomic E-state index is -0.822. The lowest BCUT2D eigenvalue weighted by Gasteiger charge is -2.24. The lowest BCUT2D eigenvalue weighted by atomic mass is 9.86. The molecular weight excluding hydrogens is 228 g/mol. The van der Waals surface area contributed by atoms with Crippen LogP contribution in [0.15, 0.2) is 18.2 Å². The van der Waals surface area contributed by atoms with Crippen LogP contribution in [0.1, 0.15) is 36.6 Å². The standard InChI is InChI=1S/C15H22O3/c1-9(2)13(15(17)18-5)14(16)12-7-6-10(3)11(4)8-12/h6-9,13-14,16H,1-5H3. The fraction of sp³-hybridized carbons (Fsp3) is 0.533. The zero-order valence-electron chi connectivity index (χ0n) is 11.7. The van der Waals surface area contributed by atoms with Crippen LogP contribution in [0.2, 0.25) is 0 Å². The fourth-order valence-corrected chi connectivity index (χ4v) is 2.06. The summed E-state index contributed by atoms with van der Waals surface area (Å²) in [6.07, 6.45) is -0.822. The lowest BCUT2D eigenvalue weighted by Crippen LogP contribution is -2.28. The number of methoxy groups -OCH3 is 1. The molecule has 1 aromatic rings. The molecule has 1 rings (SSSR count). The van der Waals surface area contributed by atoms with E-state index in [2.05, 4.69) is 0 Å². The number of esters is 1. The van der Waals surface area contributed by atoms with Gasteiger partial charge in [0, 0.05) is 0 Å². The van der Waals surface area contributed by atoms with Crippen molar-refractivity contribution in [1.29, 1.82) is 0 Å². The Morgan fingerprint density at radius 2 is 1.83 bits per heavy atom. The minimum Gasteiger partial charge on any atom is -0.469 e. The average Bonchev–Trinajstić information content (AvgIpc) is 2.32. The van der Waals surface area contributed by atoms with Crippen LogP contribution in [-0.2, 0) is 9.53 Å². The van der Waals surface area contributed by atoms with E-state index in [0.717, 1.165) is 11.1 Å². The summed E-state index contributed by atoms with van der Waals surface area (Å²) in [6.45, 7) is 7.83. The molecule has 100 valence electrons. The zero-order valence-corrected chi connectivity index (χ0v) is 11.7. The number of benzene rings is 1. The van der Waals surface area contributed by atoms with Crippen LogP contribution in [0, 0.1) is 25.7 Å². The zero-order chi connectivity index (χ0) is 13.9. The number of carbonyl (C=O) groups excluding carboxylic acids is 1. The highest BCUT2D eigenvalue weighted by Gasteiger charge is 2.31. The third-order valence-corrected chi connectivity index (χ3v) is 3.40. The second-order valence-electron chi connectivity index (χ2n) is 5.08. The molecule has 3 heteroatoms. The van der Waals surface area contributed by atoms with Crippen LogP contribution in [0.3, 0.4) is 0 Å². The second kappa shape index (κ2) is 6.01. The molecule has 0 aliphatic rings. The topological polar surface area (TPSA) is 46.5 Å². The van der Waals surface area contributed by atoms with Gasteiger partial charge in [-0.25, -0.2) is 0 Å². The molecule has 0 amide bonds. The van der Waals surface area contributed by atoms with E-state index in [9.17, 15) is 9.90 Å². The predicted molar refractivity (Wildman–Crippen MR) is 71.2 cm³/mol. The second-order valence-corrected chi connectivity index (χ2v) is 5.08. The number of carbonyl (C=O) groups is 1. The quantitative estimate of drug-likeness (QED) is 0.836. The van der Waals surface area contributed by atoms with Gasteiger partial charge in [-0.2, -0.15) is 0 Å².